The first-order valence-electron chi connectivity index (χ1n) is 8.50. The summed E-state index contributed by atoms with van der Waals surface area (Å²) < 4.78 is 29.0. The molecular weight excluding hydrogens is 364 g/mol. The van der Waals surface area contributed by atoms with Crippen LogP contribution in [0.4, 0.5) is 5.82 Å². The Morgan fingerprint density at radius 1 is 1.00 bits per heavy atom. The second kappa shape index (κ2) is 7.85. The Bertz CT molecular complexity index is 1030. The smallest absolute Gasteiger partial charge is 0.240 e. The van der Waals surface area contributed by atoms with E-state index in [9.17, 15) is 8.42 Å². The predicted molar refractivity (Wildman–Crippen MR) is 103 cm³/mol. The van der Waals surface area contributed by atoms with E-state index in [1.807, 2.05) is 25.3 Å². The number of aromatic nitrogens is 4. The highest BCUT2D eigenvalue weighted by molar-refractivity contribution is 7.89. The molecule has 0 aliphatic carbocycles. The van der Waals surface area contributed by atoms with Crippen LogP contribution in [0.5, 0.6) is 0 Å². The Hall–Kier alpha value is -2.78. The molecule has 0 fully saturated rings. The lowest BCUT2D eigenvalue weighted by molar-refractivity contribution is 0.583. The zero-order valence-electron chi connectivity index (χ0n) is 15.5. The van der Waals surface area contributed by atoms with E-state index in [4.69, 9.17) is 0 Å². The zero-order chi connectivity index (χ0) is 19.4. The van der Waals surface area contributed by atoms with E-state index < -0.39 is 10.0 Å². The molecule has 3 rings (SSSR count). The van der Waals surface area contributed by atoms with Crippen LogP contribution in [-0.2, 0) is 10.0 Å². The predicted octanol–water partition coefficient (Wildman–Crippen LogP) is 1.98. The molecule has 8 nitrogen and oxygen atoms in total. The SMILES string of the molecule is Cc1ccc(S(=O)(=O)NCCNc2cc(-n3cnc(C)c3C)ncn2)cc1. The van der Waals surface area contributed by atoms with Crippen molar-refractivity contribution in [2.75, 3.05) is 18.4 Å². The molecule has 3 aromatic rings. The van der Waals surface area contributed by atoms with Gasteiger partial charge in [-0.2, -0.15) is 0 Å². The highest BCUT2D eigenvalue weighted by Gasteiger charge is 2.12. The van der Waals surface area contributed by atoms with Crippen molar-refractivity contribution in [1.29, 1.82) is 0 Å². The molecule has 0 aliphatic heterocycles. The molecule has 0 saturated heterocycles. The summed E-state index contributed by atoms with van der Waals surface area (Å²) >= 11 is 0. The summed E-state index contributed by atoms with van der Waals surface area (Å²) in [6.45, 7) is 6.45. The van der Waals surface area contributed by atoms with Crippen molar-refractivity contribution in [2.24, 2.45) is 0 Å². The molecule has 142 valence electrons. The number of nitrogens with one attached hydrogen (secondary N) is 2. The molecule has 0 atom stereocenters. The van der Waals surface area contributed by atoms with Crippen LogP contribution >= 0.6 is 0 Å². The van der Waals surface area contributed by atoms with Crippen LogP contribution in [0.15, 0.2) is 47.9 Å². The number of rotatable bonds is 7. The van der Waals surface area contributed by atoms with Gasteiger partial charge in [0.15, 0.2) is 0 Å². The third-order valence-corrected chi connectivity index (χ3v) is 5.68. The molecule has 1 aromatic carbocycles. The largest absolute Gasteiger partial charge is 0.369 e. The van der Waals surface area contributed by atoms with Gasteiger partial charge in [0.2, 0.25) is 10.0 Å². The van der Waals surface area contributed by atoms with Crippen molar-refractivity contribution >= 4 is 15.8 Å². The summed E-state index contributed by atoms with van der Waals surface area (Å²) in [4.78, 5) is 12.9. The fourth-order valence-corrected chi connectivity index (χ4v) is 3.51. The lowest BCUT2D eigenvalue weighted by Gasteiger charge is -2.10. The van der Waals surface area contributed by atoms with Gasteiger partial charge >= 0.3 is 0 Å². The summed E-state index contributed by atoms with van der Waals surface area (Å²) in [6, 6.07) is 8.53. The molecule has 27 heavy (non-hydrogen) atoms. The number of nitrogens with zero attached hydrogens (tertiary/aromatic N) is 4. The first-order valence-corrected chi connectivity index (χ1v) is 9.98. The summed E-state index contributed by atoms with van der Waals surface area (Å²) in [6.07, 6.45) is 3.18. The Morgan fingerprint density at radius 2 is 1.74 bits per heavy atom. The first kappa shape index (κ1) is 19.0. The molecule has 2 aromatic heterocycles. The van der Waals surface area contributed by atoms with E-state index >= 15 is 0 Å². The Morgan fingerprint density at radius 3 is 2.41 bits per heavy atom. The van der Waals surface area contributed by atoms with Crippen molar-refractivity contribution in [3.05, 3.63) is 59.9 Å². The molecule has 0 amide bonds. The van der Waals surface area contributed by atoms with Crippen LogP contribution in [0.1, 0.15) is 17.0 Å². The van der Waals surface area contributed by atoms with Gasteiger partial charge in [-0.05, 0) is 32.9 Å². The van der Waals surface area contributed by atoms with Crippen LogP contribution in [0.3, 0.4) is 0 Å². The average molecular weight is 386 g/mol. The third kappa shape index (κ3) is 4.50. The van der Waals surface area contributed by atoms with Gasteiger partial charge in [0.1, 0.15) is 24.3 Å². The van der Waals surface area contributed by atoms with Crippen LogP contribution in [-0.4, -0.2) is 41.0 Å². The van der Waals surface area contributed by atoms with Crippen molar-refractivity contribution in [2.45, 2.75) is 25.7 Å². The van der Waals surface area contributed by atoms with E-state index in [2.05, 4.69) is 25.0 Å². The highest BCUT2D eigenvalue weighted by Crippen LogP contribution is 2.13. The van der Waals surface area contributed by atoms with E-state index in [0.29, 0.717) is 18.2 Å². The van der Waals surface area contributed by atoms with E-state index in [1.165, 1.54) is 6.33 Å². The molecule has 2 N–H and O–H groups in total. The molecule has 0 bridgehead atoms. The maximum Gasteiger partial charge on any atom is 0.240 e. The van der Waals surface area contributed by atoms with Gasteiger partial charge in [0, 0.05) is 24.8 Å². The van der Waals surface area contributed by atoms with E-state index in [-0.39, 0.29) is 11.4 Å². The first-order chi connectivity index (χ1) is 12.9. The zero-order valence-corrected chi connectivity index (χ0v) is 16.3. The maximum atomic E-state index is 12.3. The van der Waals surface area contributed by atoms with Crippen molar-refractivity contribution in [3.63, 3.8) is 0 Å². The fourth-order valence-electron chi connectivity index (χ4n) is 2.48. The molecule has 0 unspecified atom stereocenters. The van der Waals surface area contributed by atoms with Crippen molar-refractivity contribution in [3.8, 4) is 5.82 Å². The van der Waals surface area contributed by atoms with Gasteiger partial charge in [-0.1, -0.05) is 17.7 Å². The summed E-state index contributed by atoms with van der Waals surface area (Å²) in [5, 5.41) is 3.10. The Kier molecular flexibility index (Phi) is 5.52. The van der Waals surface area contributed by atoms with Crippen LogP contribution < -0.4 is 10.0 Å². The molecule has 2 heterocycles. The molecule has 9 heteroatoms. The highest BCUT2D eigenvalue weighted by atomic mass is 32.2. The van der Waals surface area contributed by atoms with E-state index in [1.54, 1.807) is 36.7 Å². The molecule has 0 radical (unpaired) electrons. The van der Waals surface area contributed by atoms with Gasteiger partial charge in [0.25, 0.3) is 0 Å². The second-order valence-electron chi connectivity index (χ2n) is 6.18. The normalized spacial score (nSPS) is 11.5. The molecule has 0 spiro atoms. The van der Waals surface area contributed by atoms with Crippen LogP contribution in [0.25, 0.3) is 5.82 Å². The number of benzene rings is 1. The quantitative estimate of drug-likeness (QED) is 0.602. The number of hydrogen-bond donors (Lipinski definition) is 2. The monoisotopic (exact) mass is 386 g/mol. The van der Waals surface area contributed by atoms with Gasteiger partial charge in [0.05, 0.1) is 10.6 Å². The Balaban J connectivity index is 1.59. The number of sulfonamides is 1. The number of anilines is 1. The summed E-state index contributed by atoms with van der Waals surface area (Å²) in [7, 11) is -3.52. The molecular formula is C18H22N6O2S. The van der Waals surface area contributed by atoms with Gasteiger partial charge in [-0.3, -0.25) is 4.57 Å². The minimum Gasteiger partial charge on any atom is -0.369 e. The summed E-state index contributed by atoms with van der Waals surface area (Å²) in [5.74, 6) is 1.31. The average Bonchev–Trinajstić information content (AvgIpc) is 2.98. The minimum atomic E-state index is -3.52. The topological polar surface area (TPSA) is 102 Å². The van der Waals surface area contributed by atoms with Crippen LogP contribution in [0.2, 0.25) is 0 Å². The Labute approximate surface area is 158 Å². The lowest BCUT2D eigenvalue weighted by Crippen LogP contribution is -2.29. The molecule has 0 aliphatic rings. The second-order valence-corrected chi connectivity index (χ2v) is 7.95. The third-order valence-electron chi connectivity index (χ3n) is 4.21. The van der Waals surface area contributed by atoms with Crippen LogP contribution in [0, 0.1) is 20.8 Å². The van der Waals surface area contributed by atoms with E-state index in [0.717, 1.165) is 17.0 Å². The maximum absolute atomic E-state index is 12.3. The van der Waals surface area contributed by atoms with Gasteiger partial charge in [-0.25, -0.2) is 28.1 Å². The van der Waals surface area contributed by atoms with Crippen molar-refractivity contribution in [1.82, 2.24) is 24.2 Å². The number of imidazole rings is 1. The van der Waals surface area contributed by atoms with Crippen molar-refractivity contribution < 1.29 is 8.42 Å². The fraction of sp³-hybridized carbons (Fsp3) is 0.278. The minimum absolute atomic E-state index is 0.235. The van der Waals surface area contributed by atoms with Gasteiger partial charge in [-0.15, -0.1) is 0 Å². The number of aryl methyl sites for hydroxylation is 2. The lowest BCUT2D eigenvalue weighted by atomic mass is 10.2. The number of hydrogen-bond acceptors (Lipinski definition) is 6. The standard InChI is InChI=1S/C18H22N6O2S/c1-13-4-6-16(7-5-13)27(25,26)23-9-8-19-17-10-18(21-11-20-17)24-12-22-14(2)15(24)3/h4-7,10-12,23H,8-9H2,1-3H3,(H,19,20,21). The van der Waals surface area contributed by atoms with Gasteiger partial charge < -0.3 is 5.32 Å². The summed E-state index contributed by atoms with van der Waals surface area (Å²) in [5.41, 5.74) is 2.96. The molecule has 0 saturated carbocycles.